The Morgan fingerprint density at radius 2 is 1.92 bits per heavy atom. The molecule has 25 heavy (non-hydrogen) atoms. The molecule has 1 atom stereocenters. The van der Waals surface area contributed by atoms with E-state index >= 15 is 0 Å². The SMILES string of the molecule is O=C(c1cc2ccccc2o1)N1CCCO[C@H](CN2CCCCC2)C1. The zero-order chi connectivity index (χ0) is 17.1. The first-order valence-electron chi connectivity index (χ1n) is 9.41. The summed E-state index contributed by atoms with van der Waals surface area (Å²) in [5, 5.41) is 0.974. The molecule has 2 aromatic rings. The summed E-state index contributed by atoms with van der Waals surface area (Å²) in [5.41, 5.74) is 0.766. The van der Waals surface area contributed by atoms with E-state index in [1.807, 2.05) is 35.2 Å². The molecule has 2 aliphatic heterocycles. The Balaban J connectivity index is 1.45. The van der Waals surface area contributed by atoms with Gasteiger partial charge in [0.15, 0.2) is 5.76 Å². The Bertz CT molecular complexity index is 688. The standard InChI is InChI=1S/C20H26N2O3/c23-20(19-13-16-7-2-3-8-18(16)25-19)22-11-6-12-24-17(15-22)14-21-9-4-1-5-10-21/h2-3,7-8,13,17H,1,4-6,9-12,14-15H2/t17-/m1/s1. The van der Waals surface area contributed by atoms with Crippen molar-refractivity contribution in [2.45, 2.75) is 31.8 Å². The molecular weight excluding hydrogens is 316 g/mol. The number of rotatable bonds is 3. The summed E-state index contributed by atoms with van der Waals surface area (Å²) in [4.78, 5) is 17.3. The van der Waals surface area contributed by atoms with E-state index in [0.717, 1.165) is 50.2 Å². The van der Waals surface area contributed by atoms with Gasteiger partial charge in [-0.3, -0.25) is 4.79 Å². The number of carbonyl (C=O) groups excluding carboxylic acids is 1. The minimum Gasteiger partial charge on any atom is -0.451 e. The van der Waals surface area contributed by atoms with Crippen LogP contribution >= 0.6 is 0 Å². The molecule has 2 saturated heterocycles. The maximum Gasteiger partial charge on any atom is 0.289 e. The Labute approximate surface area is 148 Å². The summed E-state index contributed by atoms with van der Waals surface area (Å²) in [6.45, 7) is 5.32. The van der Waals surface area contributed by atoms with Crippen LogP contribution in [0.15, 0.2) is 34.7 Å². The van der Waals surface area contributed by atoms with E-state index in [4.69, 9.17) is 9.15 Å². The first kappa shape index (κ1) is 16.6. The molecule has 134 valence electrons. The molecule has 0 aliphatic carbocycles. The highest BCUT2D eigenvalue weighted by Gasteiger charge is 2.27. The average Bonchev–Trinajstić information content (AvgIpc) is 2.95. The van der Waals surface area contributed by atoms with E-state index in [-0.39, 0.29) is 12.0 Å². The van der Waals surface area contributed by atoms with Crippen molar-refractivity contribution in [2.75, 3.05) is 39.3 Å². The topological polar surface area (TPSA) is 45.9 Å². The van der Waals surface area contributed by atoms with Gasteiger partial charge in [-0.05, 0) is 44.5 Å². The minimum absolute atomic E-state index is 0.0228. The van der Waals surface area contributed by atoms with Gasteiger partial charge in [-0.1, -0.05) is 24.6 Å². The summed E-state index contributed by atoms with van der Waals surface area (Å²) in [6, 6.07) is 9.61. The summed E-state index contributed by atoms with van der Waals surface area (Å²) in [5.74, 6) is 0.408. The Morgan fingerprint density at radius 3 is 2.76 bits per heavy atom. The van der Waals surface area contributed by atoms with Gasteiger partial charge in [-0.2, -0.15) is 0 Å². The van der Waals surface area contributed by atoms with Crippen molar-refractivity contribution < 1.29 is 13.9 Å². The lowest BCUT2D eigenvalue weighted by atomic mass is 10.1. The van der Waals surface area contributed by atoms with Gasteiger partial charge in [0.25, 0.3) is 5.91 Å². The van der Waals surface area contributed by atoms with Crippen LogP contribution in [-0.2, 0) is 4.74 Å². The smallest absolute Gasteiger partial charge is 0.289 e. The van der Waals surface area contributed by atoms with Gasteiger partial charge in [-0.15, -0.1) is 0 Å². The molecule has 5 heteroatoms. The number of benzene rings is 1. The minimum atomic E-state index is -0.0228. The lowest BCUT2D eigenvalue weighted by molar-refractivity contribution is 0.0211. The molecule has 0 spiro atoms. The predicted molar refractivity (Wildman–Crippen MR) is 96.8 cm³/mol. The molecule has 0 N–H and O–H groups in total. The number of fused-ring (bicyclic) bond motifs is 1. The zero-order valence-electron chi connectivity index (χ0n) is 14.7. The third-order valence-electron chi connectivity index (χ3n) is 5.18. The second-order valence-electron chi connectivity index (χ2n) is 7.11. The van der Waals surface area contributed by atoms with Crippen LogP contribution in [0, 0.1) is 0 Å². The van der Waals surface area contributed by atoms with E-state index in [1.165, 1.54) is 19.3 Å². The third kappa shape index (κ3) is 3.88. The number of amides is 1. The van der Waals surface area contributed by atoms with Gasteiger partial charge in [-0.25, -0.2) is 0 Å². The highest BCUT2D eigenvalue weighted by Crippen LogP contribution is 2.21. The quantitative estimate of drug-likeness (QED) is 0.860. The maximum absolute atomic E-state index is 12.9. The molecule has 2 aliphatic rings. The molecule has 2 fully saturated rings. The largest absolute Gasteiger partial charge is 0.451 e. The Hall–Kier alpha value is -1.85. The number of hydrogen-bond acceptors (Lipinski definition) is 4. The van der Waals surface area contributed by atoms with Gasteiger partial charge in [0, 0.05) is 31.6 Å². The van der Waals surface area contributed by atoms with Gasteiger partial charge in [0.05, 0.1) is 6.10 Å². The predicted octanol–water partition coefficient (Wildman–Crippen LogP) is 3.15. The number of furan rings is 1. The molecule has 0 bridgehead atoms. The molecule has 1 aromatic carbocycles. The van der Waals surface area contributed by atoms with Crippen molar-refractivity contribution in [3.63, 3.8) is 0 Å². The molecule has 0 unspecified atom stereocenters. The zero-order valence-corrected chi connectivity index (χ0v) is 14.7. The molecule has 1 aromatic heterocycles. The Morgan fingerprint density at radius 1 is 1.08 bits per heavy atom. The van der Waals surface area contributed by atoms with Crippen molar-refractivity contribution in [1.29, 1.82) is 0 Å². The maximum atomic E-state index is 12.9. The van der Waals surface area contributed by atoms with Gasteiger partial charge >= 0.3 is 0 Å². The van der Waals surface area contributed by atoms with Crippen LogP contribution in [0.5, 0.6) is 0 Å². The molecule has 5 nitrogen and oxygen atoms in total. The van der Waals surface area contributed by atoms with Crippen LogP contribution in [0.3, 0.4) is 0 Å². The van der Waals surface area contributed by atoms with E-state index in [2.05, 4.69) is 4.90 Å². The number of likely N-dealkylation sites (tertiary alicyclic amines) is 1. The van der Waals surface area contributed by atoms with Crippen LogP contribution in [0.2, 0.25) is 0 Å². The highest BCUT2D eigenvalue weighted by molar-refractivity contribution is 5.96. The van der Waals surface area contributed by atoms with Gasteiger partial charge < -0.3 is 19.0 Å². The van der Waals surface area contributed by atoms with Crippen molar-refractivity contribution >= 4 is 16.9 Å². The lowest BCUT2D eigenvalue weighted by Crippen LogP contribution is -2.43. The van der Waals surface area contributed by atoms with Crippen LogP contribution in [0.1, 0.15) is 36.2 Å². The van der Waals surface area contributed by atoms with Crippen molar-refractivity contribution in [3.8, 4) is 0 Å². The number of piperidine rings is 1. The van der Waals surface area contributed by atoms with E-state index in [9.17, 15) is 4.79 Å². The van der Waals surface area contributed by atoms with Crippen LogP contribution in [0.4, 0.5) is 0 Å². The van der Waals surface area contributed by atoms with E-state index in [0.29, 0.717) is 12.3 Å². The molecular formula is C20H26N2O3. The monoisotopic (exact) mass is 342 g/mol. The Kier molecular flexibility index (Phi) is 5.04. The number of ether oxygens (including phenoxy) is 1. The second kappa shape index (κ2) is 7.58. The fourth-order valence-corrected chi connectivity index (χ4v) is 3.86. The van der Waals surface area contributed by atoms with Gasteiger partial charge in [0.1, 0.15) is 5.58 Å². The molecule has 3 heterocycles. The van der Waals surface area contributed by atoms with Crippen LogP contribution < -0.4 is 0 Å². The van der Waals surface area contributed by atoms with E-state index < -0.39 is 0 Å². The normalized spacial score (nSPS) is 22.9. The molecule has 0 saturated carbocycles. The fourth-order valence-electron chi connectivity index (χ4n) is 3.86. The second-order valence-corrected chi connectivity index (χ2v) is 7.11. The van der Waals surface area contributed by atoms with Crippen LogP contribution in [-0.4, -0.2) is 61.1 Å². The molecule has 1 amide bonds. The highest BCUT2D eigenvalue weighted by atomic mass is 16.5. The van der Waals surface area contributed by atoms with Crippen molar-refractivity contribution in [1.82, 2.24) is 9.80 Å². The van der Waals surface area contributed by atoms with Crippen molar-refractivity contribution in [3.05, 3.63) is 36.1 Å². The number of hydrogen-bond donors (Lipinski definition) is 0. The first-order valence-corrected chi connectivity index (χ1v) is 9.41. The number of carbonyl (C=O) groups is 1. The van der Waals surface area contributed by atoms with Crippen molar-refractivity contribution in [2.24, 2.45) is 0 Å². The summed E-state index contributed by atoms with van der Waals surface area (Å²) >= 11 is 0. The fraction of sp³-hybridized carbons (Fsp3) is 0.550. The lowest BCUT2D eigenvalue weighted by Gasteiger charge is -2.31. The first-order chi connectivity index (χ1) is 12.3. The summed E-state index contributed by atoms with van der Waals surface area (Å²) < 4.78 is 11.8. The molecule has 4 rings (SSSR count). The van der Waals surface area contributed by atoms with Gasteiger partial charge in [0.2, 0.25) is 0 Å². The van der Waals surface area contributed by atoms with Crippen LogP contribution in [0.25, 0.3) is 11.0 Å². The summed E-state index contributed by atoms with van der Waals surface area (Å²) in [6.07, 6.45) is 4.85. The average molecular weight is 342 g/mol. The van der Waals surface area contributed by atoms with E-state index in [1.54, 1.807) is 0 Å². The number of nitrogens with zero attached hydrogens (tertiary/aromatic N) is 2. The number of para-hydroxylation sites is 1. The summed E-state index contributed by atoms with van der Waals surface area (Å²) in [7, 11) is 0. The third-order valence-corrected chi connectivity index (χ3v) is 5.18. The molecule has 0 radical (unpaired) electrons.